The lowest BCUT2D eigenvalue weighted by atomic mass is 9.93. The summed E-state index contributed by atoms with van der Waals surface area (Å²) in [6.45, 7) is 7.79. The van der Waals surface area contributed by atoms with Gasteiger partial charge in [-0.2, -0.15) is 0 Å². The van der Waals surface area contributed by atoms with Crippen LogP contribution < -0.4 is 5.32 Å². The van der Waals surface area contributed by atoms with Gasteiger partial charge in [0.1, 0.15) is 0 Å². The van der Waals surface area contributed by atoms with Crippen LogP contribution in [0.5, 0.6) is 0 Å². The molecule has 1 aromatic heterocycles. The molecule has 0 aliphatic carbocycles. The molecular weight excluding hydrogens is 376 g/mol. The van der Waals surface area contributed by atoms with Gasteiger partial charge in [-0.05, 0) is 64.2 Å². The summed E-state index contributed by atoms with van der Waals surface area (Å²) in [7, 11) is 0. The summed E-state index contributed by atoms with van der Waals surface area (Å²) >= 11 is 0. The SMILES string of the molecule is Cc1cc(CNC(=O)[C@@H]2CCCN(C3CCN(CCc4ccccc4)CC3)C2)on1. The number of aryl methyl sites for hydroxylation is 1. The van der Waals surface area contributed by atoms with Gasteiger partial charge in [0, 0.05) is 25.2 Å². The van der Waals surface area contributed by atoms with Crippen molar-refractivity contribution in [3.63, 3.8) is 0 Å². The summed E-state index contributed by atoms with van der Waals surface area (Å²) in [5.74, 6) is 0.948. The van der Waals surface area contributed by atoms with Crippen LogP contribution in [0.15, 0.2) is 40.9 Å². The average Bonchev–Trinajstić information content (AvgIpc) is 3.22. The zero-order chi connectivity index (χ0) is 20.8. The first kappa shape index (κ1) is 21.1. The summed E-state index contributed by atoms with van der Waals surface area (Å²) in [6, 6.07) is 13.2. The van der Waals surface area contributed by atoms with Gasteiger partial charge in [-0.25, -0.2) is 0 Å². The van der Waals surface area contributed by atoms with Crippen molar-refractivity contribution < 1.29 is 9.32 Å². The number of amides is 1. The number of aromatic nitrogens is 1. The second-order valence-corrected chi connectivity index (χ2v) is 8.79. The number of nitrogens with zero attached hydrogens (tertiary/aromatic N) is 3. The lowest BCUT2D eigenvalue weighted by Crippen LogP contribution is -2.50. The molecule has 30 heavy (non-hydrogen) atoms. The monoisotopic (exact) mass is 410 g/mol. The van der Waals surface area contributed by atoms with Gasteiger partial charge in [-0.3, -0.25) is 9.69 Å². The summed E-state index contributed by atoms with van der Waals surface area (Å²) in [5, 5.41) is 6.92. The van der Waals surface area contributed by atoms with Crippen molar-refractivity contribution in [3.05, 3.63) is 53.4 Å². The standard InChI is InChI=1S/C24H34N4O2/c1-19-16-23(30-26-19)17-25-24(29)21-8-5-12-28(18-21)22-10-14-27(15-11-22)13-9-20-6-3-2-4-7-20/h2-4,6-7,16,21-22H,5,8-15,17-18H2,1H3,(H,25,29)/t21-/m1/s1. The van der Waals surface area contributed by atoms with Crippen LogP contribution in [0.1, 0.15) is 42.7 Å². The van der Waals surface area contributed by atoms with Gasteiger partial charge in [-0.1, -0.05) is 35.5 Å². The van der Waals surface area contributed by atoms with Crippen LogP contribution in [0.3, 0.4) is 0 Å². The Balaban J connectivity index is 1.19. The van der Waals surface area contributed by atoms with Gasteiger partial charge >= 0.3 is 0 Å². The zero-order valence-corrected chi connectivity index (χ0v) is 18.1. The van der Waals surface area contributed by atoms with E-state index in [2.05, 4.69) is 50.6 Å². The van der Waals surface area contributed by atoms with Gasteiger partial charge in [-0.15, -0.1) is 0 Å². The second kappa shape index (κ2) is 10.2. The van der Waals surface area contributed by atoms with Crippen LogP contribution in [-0.2, 0) is 17.8 Å². The maximum absolute atomic E-state index is 12.7. The number of carbonyl (C=O) groups excluding carboxylic acids is 1. The molecule has 3 heterocycles. The van der Waals surface area contributed by atoms with E-state index in [0.717, 1.165) is 63.4 Å². The molecule has 4 rings (SSSR count). The minimum Gasteiger partial charge on any atom is -0.359 e. The summed E-state index contributed by atoms with van der Waals surface area (Å²) < 4.78 is 5.20. The van der Waals surface area contributed by atoms with Crippen molar-refractivity contribution in [1.82, 2.24) is 20.3 Å². The third-order valence-electron chi connectivity index (χ3n) is 6.57. The Bertz CT molecular complexity index is 799. The number of benzene rings is 1. The van der Waals surface area contributed by atoms with E-state index in [1.54, 1.807) is 0 Å². The number of carbonyl (C=O) groups is 1. The average molecular weight is 411 g/mol. The molecule has 2 aromatic rings. The van der Waals surface area contributed by atoms with Crippen LogP contribution in [0.25, 0.3) is 0 Å². The molecule has 0 spiro atoms. The predicted molar refractivity (Wildman–Crippen MR) is 117 cm³/mol. The molecule has 2 saturated heterocycles. The Kier molecular flexibility index (Phi) is 7.18. The summed E-state index contributed by atoms with van der Waals surface area (Å²) in [4.78, 5) is 17.8. The van der Waals surface area contributed by atoms with Gasteiger partial charge in [0.15, 0.2) is 5.76 Å². The fraction of sp³-hybridized carbons (Fsp3) is 0.583. The molecule has 6 nitrogen and oxygen atoms in total. The molecule has 0 radical (unpaired) electrons. The number of rotatable bonds is 7. The third kappa shape index (κ3) is 5.70. The predicted octanol–water partition coefficient (Wildman–Crippen LogP) is 3.02. The first-order chi connectivity index (χ1) is 14.7. The highest BCUT2D eigenvalue weighted by Gasteiger charge is 2.31. The van der Waals surface area contributed by atoms with Gasteiger partial charge < -0.3 is 14.7 Å². The number of hydrogen-bond acceptors (Lipinski definition) is 5. The van der Waals surface area contributed by atoms with Crippen LogP contribution in [-0.4, -0.2) is 59.6 Å². The molecule has 0 unspecified atom stereocenters. The molecule has 1 N–H and O–H groups in total. The van der Waals surface area contributed by atoms with Crippen molar-refractivity contribution in [3.8, 4) is 0 Å². The van der Waals surface area contributed by atoms with Crippen LogP contribution in [0.4, 0.5) is 0 Å². The molecule has 0 saturated carbocycles. The molecule has 1 atom stereocenters. The smallest absolute Gasteiger partial charge is 0.224 e. The van der Waals surface area contributed by atoms with Crippen molar-refractivity contribution in [1.29, 1.82) is 0 Å². The summed E-state index contributed by atoms with van der Waals surface area (Å²) in [5.41, 5.74) is 2.27. The van der Waals surface area contributed by atoms with E-state index in [4.69, 9.17) is 4.52 Å². The highest BCUT2D eigenvalue weighted by atomic mass is 16.5. The summed E-state index contributed by atoms with van der Waals surface area (Å²) in [6.07, 6.45) is 5.63. The van der Waals surface area contributed by atoms with Crippen LogP contribution in [0, 0.1) is 12.8 Å². The molecule has 2 aliphatic heterocycles. The first-order valence-corrected chi connectivity index (χ1v) is 11.4. The Morgan fingerprint density at radius 2 is 1.97 bits per heavy atom. The lowest BCUT2D eigenvalue weighted by Gasteiger charge is -2.42. The number of hydrogen-bond donors (Lipinski definition) is 1. The van der Waals surface area contributed by atoms with Gasteiger partial charge in [0.25, 0.3) is 0 Å². The molecule has 2 aliphatic rings. The lowest BCUT2D eigenvalue weighted by molar-refractivity contribution is -0.127. The molecular formula is C24H34N4O2. The molecule has 162 valence electrons. The van der Waals surface area contributed by atoms with E-state index in [-0.39, 0.29) is 11.8 Å². The second-order valence-electron chi connectivity index (χ2n) is 8.79. The molecule has 0 bridgehead atoms. The van der Waals surface area contributed by atoms with Crippen molar-refractivity contribution in [2.45, 2.75) is 51.6 Å². The zero-order valence-electron chi connectivity index (χ0n) is 18.1. The quantitative estimate of drug-likeness (QED) is 0.760. The van der Waals surface area contributed by atoms with Crippen molar-refractivity contribution in [2.75, 3.05) is 32.7 Å². The minimum atomic E-state index is 0.0823. The fourth-order valence-corrected chi connectivity index (χ4v) is 4.81. The van der Waals surface area contributed by atoms with Crippen LogP contribution in [0.2, 0.25) is 0 Å². The fourth-order valence-electron chi connectivity index (χ4n) is 4.81. The maximum atomic E-state index is 12.7. The maximum Gasteiger partial charge on any atom is 0.224 e. The Labute approximate surface area is 179 Å². The minimum absolute atomic E-state index is 0.0823. The van der Waals surface area contributed by atoms with E-state index >= 15 is 0 Å². The van der Waals surface area contributed by atoms with Crippen molar-refractivity contribution >= 4 is 5.91 Å². The molecule has 1 aromatic carbocycles. The van der Waals surface area contributed by atoms with Gasteiger partial charge in [0.2, 0.25) is 5.91 Å². The number of likely N-dealkylation sites (tertiary alicyclic amines) is 2. The van der Waals surface area contributed by atoms with E-state index < -0.39 is 0 Å². The van der Waals surface area contributed by atoms with Crippen LogP contribution >= 0.6 is 0 Å². The number of nitrogens with one attached hydrogen (secondary N) is 1. The largest absolute Gasteiger partial charge is 0.359 e. The third-order valence-corrected chi connectivity index (χ3v) is 6.57. The normalized spacial score (nSPS) is 21.6. The first-order valence-electron chi connectivity index (χ1n) is 11.4. The molecule has 1 amide bonds. The highest BCUT2D eigenvalue weighted by molar-refractivity contribution is 5.78. The topological polar surface area (TPSA) is 61.6 Å². The van der Waals surface area contributed by atoms with Gasteiger partial charge in [0.05, 0.1) is 18.2 Å². The Morgan fingerprint density at radius 1 is 1.17 bits per heavy atom. The van der Waals surface area contributed by atoms with E-state index in [9.17, 15) is 4.79 Å². The Hall–Kier alpha value is -2.18. The number of piperidine rings is 2. The van der Waals surface area contributed by atoms with E-state index in [1.807, 2.05) is 13.0 Å². The molecule has 6 heteroatoms. The van der Waals surface area contributed by atoms with E-state index in [0.29, 0.717) is 12.6 Å². The molecule has 2 fully saturated rings. The highest BCUT2D eigenvalue weighted by Crippen LogP contribution is 2.24. The van der Waals surface area contributed by atoms with E-state index in [1.165, 1.54) is 18.4 Å². The Morgan fingerprint density at radius 3 is 2.70 bits per heavy atom. The van der Waals surface area contributed by atoms with Crippen molar-refractivity contribution in [2.24, 2.45) is 5.92 Å².